The van der Waals surface area contributed by atoms with E-state index in [2.05, 4.69) is 0 Å². The number of ether oxygens (including phenoxy) is 1. The summed E-state index contributed by atoms with van der Waals surface area (Å²) >= 11 is 6.15. The van der Waals surface area contributed by atoms with Crippen molar-refractivity contribution in [3.8, 4) is 11.4 Å². The number of benzene rings is 2. The average Bonchev–Trinajstić information content (AvgIpc) is 2.83. The molecule has 0 N–H and O–H groups in total. The summed E-state index contributed by atoms with van der Waals surface area (Å²) in [6, 6.07) is 16.8. The summed E-state index contributed by atoms with van der Waals surface area (Å²) in [5.41, 5.74) is 0.508. The fourth-order valence-corrected chi connectivity index (χ4v) is 2.48. The van der Waals surface area contributed by atoms with Crippen LogP contribution in [0.25, 0.3) is 5.69 Å². The number of halogens is 1. The number of aromatic nitrogens is 2. The fourth-order valence-electron chi connectivity index (χ4n) is 2.27. The summed E-state index contributed by atoms with van der Waals surface area (Å²) in [6.07, 6.45) is -0.685. The van der Waals surface area contributed by atoms with E-state index >= 15 is 0 Å². The Labute approximate surface area is 137 Å². The van der Waals surface area contributed by atoms with Crippen LogP contribution in [-0.4, -0.2) is 15.5 Å². The molecule has 1 aromatic heterocycles. The molecule has 3 rings (SSSR count). The van der Waals surface area contributed by atoms with E-state index in [0.717, 1.165) is 4.68 Å². The minimum absolute atomic E-state index is 0.361. The van der Waals surface area contributed by atoms with Crippen molar-refractivity contribution in [1.29, 1.82) is 0 Å². The van der Waals surface area contributed by atoms with Gasteiger partial charge in [0.1, 0.15) is 5.75 Å². The van der Waals surface area contributed by atoms with Gasteiger partial charge in [0, 0.05) is 6.07 Å². The summed E-state index contributed by atoms with van der Waals surface area (Å²) in [4.78, 5) is 24.7. The molecule has 23 heavy (non-hydrogen) atoms. The summed E-state index contributed by atoms with van der Waals surface area (Å²) in [5.74, 6) is 0.392. The molecule has 0 aliphatic carbocycles. The highest BCUT2D eigenvalue weighted by Gasteiger charge is 2.19. The van der Waals surface area contributed by atoms with Crippen LogP contribution in [0.5, 0.6) is 5.75 Å². The van der Waals surface area contributed by atoms with Crippen molar-refractivity contribution in [2.45, 2.75) is 6.92 Å². The first-order chi connectivity index (χ1) is 11.1. The predicted octanol–water partition coefficient (Wildman–Crippen LogP) is 3.65. The standard InChI is InChI=1S/C17H13ClN2O3/c1-12-11-16(21)20(15-10-6-5-9-14(15)18)19(12)17(22)23-13-7-3-2-4-8-13/h2-11H,1H3. The second-order valence-electron chi connectivity index (χ2n) is 4.88. The van der Waals surface area contributed by atoms with Crippen LogP contribution in [0.4, 0.5) is 4.79 Å². The third kappa shape index (κ3) is 2.91. The molecular weight excluding hydrogens is 316 g/mol. The quantitative estimate of drug-likeness (QED) is 0.721. The smallest absolute Gasteiger partial charge is 0.409 e. The normalized spacial score (nSPS) is 10.5. The van der Waals surface area contributed by atoms with E-state index in [4.69, 9.17) is 16.3 Å². The van der Waals surface area contributed by atoms with E-state index in [1.165, 1.54) is 10.7 Å². The monoisotopic (exact) mass is 328 g/mol. The second kappa shape index (κ2) is 6.14. The number of carbonyl (C=O) groups excluding carboxylic acids is 1. The lowest BCUT2D eigenvalue weighted by Gasteiger charge is -2.13. The molecule has 0 amide bonds. The van der Waals surface area contributed by atoms with Crippen molar-refractivity contribution < 1.29 is 9.53 Å². The molecule has 5 nitrogen and oxygen atoms in total. The van der Waals surface area contributed by atoms with Gasteiger partial charge in [-0.1, -0.05) is 41.9 Å². The van der Waals surface area contributed by atoms with Crippen molar-refractivity contribution in [3.63, 3.8) is 0 Å². The van der Waals surface area contributed by atoms with E-state index in [1.54, 1.807) is 55.5 Å². The van der Waals surface area contributed by atoms with Crippen molar-refractivity contribution in [2.75, 3.05) is 0 Å². The molecule has 0 fully saturated rings. The third-order valence-electron chi connectivity index (χ3n) is 3.28. The first kappa shape index (κ1) is 15.1. The third-order valence-corrected chi connectivity index (χ3v) is 3.60. The fraction of sp³-hybridized carbons (Fsp3) is 0.0588. The number of hydrogen-bond acceptors (Lipinski definition) is 3. The van der Waals surface area contributed by atoms with Gasteiger partial charge in [0.2, 0.25) is 0 Å². The maximum atomic E-state index is 12.5. The van der Waals surface area contributed by atoms with Gasteiger partial charge in [-0.3, -0.25) is 4.79 Å². The molecule has 0 atom stereocenters. The molecule has 0 aliphatic rings. The average molecular weight is 329 g/mol. The maximum absolute atomic E-state index is 12.5. The zero-order chi connectivity index (χ0) is 16.4. The zero-order valence-electron chi connectivity index (χ0n) is 12.3. The van der Waals surface area contributed by atoms with Crippen LogP contribution in [-0.2, 0) is 0 Å². The molecule has 0 saturated heterocycles. The van der Waals surface area contributed by atoms with Crippen molar-refractivity contribution in [2.24, 2.45) is 0 Å². The zero-order valence-corrected chi connectivity index (χ0v) is 13.0. The number of carbonyl (C=O) groups is 1. The van der Waals surface area contributed by atoms with Crippen LogP contribution in [0.3, 0.4) is 0 Å². The topological polar surface area (TPSA) is 53.2 Å². The molecule has 0 saturated carbocycles. The molecule has 0 spiro atoms. The lowest BCUT2D eigenvalue weighted by atomic mass is 10.3. The van der Waals surface area contributed by atoms with Crippen LogP contribution in [0, 0.1) is 6.92 Å². The SMILES string of the molecule is Cc1cc(=O)n(-c2ccccc2Cl)n1C(=O)Oc1ccccc1. The highest BCUT2D eigenvalue weighted by molar-refractivity contribution is 6.32. The molecule has 3 aromatic rings. The molecule has 0 unspecified atom stereocenters. The van der Waals surface area contributed by atoms with Crippen LogP contribution >= 0.6 is 11.6 Å². The first-order valence-corrected chi connectivity index (χ1v) is 7.29. The van der Waals surface area contributed by atoms with Crippen LogP contribution in [0.1, 0.15) is 5.69 Å². The summed E-state index contributed by atoms with van der Waals surface area (Å²) in [7, 11) is 0. The van der Waals surface area contributed by atoms with Gasteiger partial charge in [-0.25, -0.2) is 9.48 Å². The minimum Gasteiger partial charge on any atom is -0.409 e. The Hall–Kier alpha value is -2.79. The van der Waals surface area contributed by atoms with Gasteiger partial charge < -0.3 is 4.74 Å². The largest absolute Gasteiger partial charge is 0.439 e. The van der Waals surface area contributed by atoms with Crippen molar-refractivity contribution in [1.82, 2.24) is 9.36 Å². The number of rotatable bonds is 2. The molecule has 116 valence electrons. The van der Waals surface area contributed by atoms with E-state index in [9.17, 15) is 9.59 Å². The first-order valence-electron chi connectivity index (χ1n) is 6.92. The van der Waals surface area contributed by atoms with Gasteiger partial charge in [0.05, 0.1) is 16.4 Å². The lowest BCUT2D eigenvalue weighted by molar-refractivity contribution is 0.195. The van der Waals surface area contributed by atoms with E-state index in [0.29, 0.717) is 22.2 Å². The van der Waals surface area contributed by atoms with E-state index in [-0.39, 0.29) is 5.56 Å². The van der Waals surface area contributed by atoms with Gasteiger partial charge in [0.25, 0.3) is 5.56 Å². The van der Waals surface area contributed by atoms with Crippen LogP contribution < -0.4 is 10.3 Å². The Bertz CT molecular complexity index is 913. The molecule has 0 aliphatic heterocycles. The van der Waals surface area contributed by atoms with Crippen LogP contribution in [0.15, 0.2) is 65.5 Å². The molecule has 2 aromatic carbocycles. The molecule has 6 heteroatoms. The van der Waals surface area contributed by atoms with E-state index in [1.807, 2.05) is 6.07 Å². The van der Waals surface area contributed by atoms with Crippen molar-refractivity contribution >= 4 is 17.7 Å². The van der Waals surface area contributed by atoms with Gasteiger partial charge in [-0.2, -0.15) is 4.68 Å². The highest BCUT2D eigenvalue weighted by atomic mass is 35.5. The minimum atomic E-state index is -0.685. The maximum Gasteiger partial charge on any atom is 0.439 e. The van der Waals surface area contributed by atoms with Gasteiger partial charge in [-0.15, -0.1) is 0 Å². The Kier molecular flexibility index (Phi) is 4.04. The summed E-state index contributed by atoms with van der Waals surface area (Å²) in [5, 5.41) is 0.362. The lowest BCUT2D eigenvalue weighted by Crippen LogP contribution is -2.29. The number of nitrogens with zero attached hydrogens (tertiary/aromatic N) is 2. The molecular formula is C17H13ClN2O3. The molecule has 0 bridgehead atoms. The Balaban J connectivity index is 2.08. The molecule has 0 radical (unpaired) electrons. The Morgan fingerprint density at radius 3 is 2.39 bits per heavy atom. The predicted molar refractivity (Wildman–Crippen MR) is 87.6 cm³/mol. The number of hydrogen-bond donors (Lipinski definition) is 0. The summed E-state index contributed by atoms with van der Waals surface area (Å²) < 4.78 is 7.68. The second-order valence-corrected chi connectivity index (χ2v) is 5.29. The molecule has 1 heterocycles. The van der Waals surface area contributed by atoms with Crippen LogP contribution in [0.2, 0.25) is 5.02 Å². The van der Waals surface area contributed by atoms with Gasteiger partial charge >= 0.3 is 6.09 Å². The van der Waals surface area contributed by atoms with Gasteiger partial charge in [-0.05, 0) is 31.2 Å². The highest BCUT2D eigenvalue weighted by Crippen LogP contribution is 2.19. The van der Waals surface area contributed by atoms with Crippen molar-refractivity contribution in [3.05, 3.63) is 81.7 Å². The van der Waals surface area contributed by atoms with Gasteiger partial charge in [0.15, 0.2) is 0 Å². The van der Waals surface area contributed by atoms with E-state index < -0.39 is 6.09 Å². The number of para-hydroxylation sites is 2. The summed E-state index contributed by atoms with van der Waals surface area (Å²) in [6.45, 7) is 1.65. The Morgan fingerprint density at radius 1 is 1.04 bits per heavy atom. The number of aryl methyl sites for hydroxylation is 1. The Morgan fingerprint density at radius 2 is 1.70 bits per heavy atom.